The quantitative estimate of drug-likeness (QED) is 0.695. The van der Waals surface area contributed by atoms with Gasteiger partial charge in [0.25, 0.3) is 0 Å². The number of hydrogen-bond donors (Lipinski definition) is 3. The molecular weight excluding hydrogens is 260 g/mol. The zero-order valence-electron chi connectivity index (χ0n) is 13.1. The molecule has 2 bridgehead atoms. The maximum atomic E-state index is 10.4. The minimum Gasteiger partial charge on any atom is -0.506 e. The first kappa shape index (κ1) is 13.4. The SMILES string of the molecule is CNc1cc2c(cc1O)C13CCCCC1(C)C(C2)NCC3. The normalized spacial score (nSPS) is 37.5. The van der Waals surface area contributed by atoms with Crippen LogP contribution in [0.2, 0.25) is 0 Å². The highest BCUT2D eigenvalue weighted by molar-refractivity contribution is 5.62. The second-order valence-electron chi connectivity index (χ2n) is 7.44. The average Bonchev–Trinajstić information content (AvgIpc) is 2.47. The first-order valence-corrected chi connectivity index (χ1v) is 8.38. The molecule has 0 spiro atoms. The van der Waals surface area contributed by atoms with Crippen LogP contribution in [0.1, 0.15) is 50.2 Å². The van der Waals surface area contributed by atoms with E-state index in [9.17, 15) is 5.11 Å². The molecule has 3 nitrogen and oxygen atoms in total. The van der Waals surface area contributed by atoms with Gasteiger partial charge in [-0.15, -0.1) is 0 Å². The number of fused-ring (bicyclic) bond motifs is 1. The van der Waals surface area contributed by atoms with E-state index in [0.717, 1.165) is 18.7 Å². The Labute approximate surface area is 127 Å². The number of phenolic OH excluding ortho intramolecular Hbond substituents is 1. The molecule has 2 aliphatic carbocycles. The molecule has 3 unspecified atom stereocenters. The molecule has 4 rings (SSSR count). The number of nitrogens with one attached hydrogen (secondary N) is 2. The van der Waals surface area contributed by atoms with Crippen LogP contribution in [0.5, 0.6) is 5.75 Å². The highest BCUT2D eigenvalue weighted by Gasteiger charge is 2.59. The van der Waals surface area contributed by atoms with E-state index < -0.39 is 0 Å². The van der Waals surface area contributed by atoms with Crippen molar-refractivity contribution in [1.29, 1.82) is 0 Å². The molecular formula is C18H26N2O. The van der Waals surface area contributed by atoms with Crippen LogP contribution in [0, 0.1) is 5.41 Å². The molecule has 3 aliphatic rings. The fourth-order valence-electron chi connectivity index (χ4n) is 5.59. The molecule has 21 heavy (non-hydrogen) atoms. The van der Waals surface area contributed by atoms with Crippen LogP contribution in [0.4, 0.5) is 5.69 Å². The Morgan fingerprint density at radius 1 is 1.24 bits per heavy atom. The van der Waals surface area contributed by atoms with E-state index in [1.165, 1.54) is 43.2 Å². The predicted octanol–water partition coefficient (Wildman–Crippen LogP) is 3.17. The van der Waals surface area contributed by atoms with Crippen LogP contribution >= 0.6 is 0 Å². The highest BCUT2D eigenvalue weighted by atomic mass is 16.3. The van der Waals surface area contributed by atoms with Gasteiger partial charge in [0.05, 0.1) is 5.69 Å². The molecule has 0 radical (unpaired) electrons. The molecule has 0 amide bonds. The first-order valence-electron chi connectivity index (χ1n) is 8.38. The number of aromatic hydroxyl groups is 1. The maximum absolute atomic E-state index is 10.4. The molecule has 1 aromatic rings. The Kier molecular flexibility index (Phi) is 2.81. The van der Waals surface area contributed by atoms with Crippen molar-refractivity contribution >= 4 is 5.69 Å². The van der Waals surface area contributed by atoms with E-state index in [2.05, 4.69) is 29.7 Å². The van der Waals surface area contributed by atoms with E-state index in [4.69, 9.17) is 0 Å². The fraction of sp³-hybridized carbons (Fsp3) is 0.667. The average molecular weight is 286 g/mol. The molecule has 114 valence electrons. The summed E-state index contributed by atoms with van der Waals surface area (Å²) in [6, 6.07) is 4.85. The summed E-state index contributed by atoms with van der Waals surface area (Å²) >= 11 is 0. The summed E-state index contributed by atoms with van der Waals surface area (Å²) in [5.74, 6) is 0.413. The Bertz CT molecular complexity index is 581. The predicted molar refractivity (Wildman–Crippen MR) is 86.0 cm³/mol. The molecule has 3 N–H and O–H groups in total. The number of hydrogen-bond acceptors (Lipinski definition) is 3. The van der Waals surface area contributed by atoms with E-state index in [1.807, 2.05) is 7.05 Å². The van der Waals surface area contributed by atoms with Gasteiger partial charge in [-0.1, -0.05) is 19.8 Å². The lowest BCUT2D eigenvalue weighted by Crippen LogP contribution is -2.65. The topological polar surface area (TPSA) is 44.3 Å². The summed E-state index contributed by atoms with van der Waals surface area (Å²) in [4.78, 5) is 0. The molecule has 2 fully saturated rings. The summed E-state index contributed by atoms with van der Waals surface area (Å²) < 4.78 is 0. The van der Waals surface area contributed by atoms with Gasteiger partial charge in [-0.05, 0) is 60.9 Å². The summed E-state index contributed by atoms with van der Waals surface area (Å²) in [5.41, 5.74) is 4.37. The molecule has 1 heterocycles. The van der Waals surface area contributed by atoms with Crippen LogP contribution in [0.3, 0.4) is 0 Å². The van der Waals surface area contributed by atoms with Crippen molar-refractivity contribution < 1.29 is 5.11 Å². The van der Waals surface area contributed by atoms with Gasteiger partial charge in [-0.25, -0.2) is 0 Å². The van der Waals surface area contributed by atoms with E-state index in [-0.39, 0.29) is 5.41 Å². The molecule has 1 aromatic carbocycles. The second kappa shape index (κ2) is 4.39. The van der Waals surface area contributed by atoms with E-state index >= 15 is 0 Å². The Morgan fingerprint density at radius 3 is 2.86 bits per heavy atom. The first-order chi connectivity index (χ1) is 10.1. The highest BCUT2D eigenvalue weighted by Crippen LogP contribution is 2.61. The van der Waals surface area contributed by atoms with Crippen molar-refractivity contribution in [2.24, 2.45) is 5.41 Å². The van der Waals surface area contributed by atoms with Crippen LogP contribution in [0.15, 0.2) is 12.1 Å². The zero-order valence-corrected chi connectivity index (χ0v) is 13.1. The Morgan fingerprint density at radius 2 is 2.05 bits per heavy atom. The number of benzene rings is 1. The summed E-state index contributed by atoms with van der Waals surface area (Å²) in [7, 11) is 1.88. The van der Waals surface area contributed by atoms with Gasteiger partial charge < -0.3 is 15.7 Å². The minimum absolute atomic E-state index is 0.276. The van der Waals surface area contributed by atoms with Crippen molar-refractivity contribution in [1.82, 2.24) is 5.32 Å². The second-order valence-corrected chi connectivity index (χ2v) is 7.44. The van der Waals surface area contributed by atoms with Crippen molar-refractivity contribution in [3.8, 4) is 5.75 Å². The lowest BCUT2D eigenvalue weighted by Gasteiger charge is -2.63. The number of phenols is 1. The lowest BCUT2D eigenvalue weighted by atomic mass is 9.45. The van der Waals surface area contributed by atoms with Gasteiger partial charge in [0.2, 0.25) is 0 Å². The largest absolute Gasteiger partial charge is 0.506 e. The zero-order chi connectivity index (χ0) is 14.7. The Balaban J connectivity index is 1.94. The Hall–Kier alpha value is -1.22. The molecule has 1 saturated carbocycles. The van der Waals surface area contributed by atoms with Gasteiger partial charge in [-0.2, -0.15) is 0 Å². The lowest BCUT2D eigenvalue weighted by molar-refractivity contribution is -0.0141. The van der Waals surface area contributed by atoms with E-state index in [0.29, 0.717) is 17.2 Å². The van der Waals surface area contributed by atoms with Crippen molar-refractivity contribution in [3.63, 3.8) is 0 Å². The number of piperidine rings is 1. The third-order valence-corrected chi connectivity index (χ3v) is 6.78. The van der Waals surface area contributed by atoms with Gasteiger partial charge in [-0.3, -0.25) is 0 Å². The van der Waals surface area contributed by atoms with Crippen LogP contribution in [-0.2, 0) is 11.8 Å². The van der Waals surface area contributed by atoms with Crippen LogP contribution < -0.4 is 10.6 Å². The summed E-state index contributed by atoms with van der Waals surface area (Å²) in [5, 5.41) is 17.3. The monoisotopic (exact) mass is 286 g/mol. The minimum atomic E-state index is 0.276. The smallest absolute Gasteiger partial charge is 0.138 e. The summed E-state index contributed by atoms with van der Waals surface area (Å²) in [6.07, 6.45) is 7.60. The fourth-order valence-corrected chi connectivity index (χ4v) is 5.59. The van der Waals surface area contributed by atoms with Gasteiger partial charge in [0.15, 0.2) is 0 Å². The number of rotatable bonds is 1. The summed E-state index contributed by atoms with van der Waals surface area (Å²) in [6.45, 7) is 3.61. The van der Waals surface area contributed by atoms with Crippen molar-refractivity contribution in [2.45, 2.75) is 56.9 Å². The molecule has 3 atom stereocenters. The third kappa shape index (κ3) is 1.58. The standard InChI is InChI=1S/C18H26N2O/c1-17-5-3-4-6-18(17)7-8-20-16(17)10-12-9-14(19-2)15(21)11-13(12)18/h9,11,16,19-21H,3-8,10H2,1-2H3. The molecule has 3 heteroatoms. The van der Waals surface area contributed by atoms with Crippen LogP contribution in [0.25, 0.3) is 0 Å². The molecule has 1 aliphatic heterocycles. The maximum Gasteiger partial charge on any atom is 0.138 e. The van der Waals surface area contributed by atoms with Crippen LogP contribution in [-0.4, -0.2) is 24.7 Å². The van der Waals surface area contributed by atoms with Gasteiger partial charge in [0, 0.05) is 18.5 Å². The molecule has 0 aromatic heterocycles. The van der Waals surface area contributed by atoms with Crippen molar-refractivity contribution in [3.05, 3.63) is 23.3 Å². The van der Waals surface area contributed by atoms with Gasteiger partial charge >= 0.3 is 0 Å². The third-order valence-electron chi connectivity index (χ3n) is 6.78. The van der Waals surface area contributed by atoms with Gasteiger partial charge in [0.1, 0.15) is 5.75 Å². The van der Waals surface area contributed by atoms with E-state index in [1.54, 1.807) is 0 Å². The number of anilines is 1. The molecule has 1 saturated heterocycles. The van der Waals surface area contributed by atoms with Crippen molar-refractivity contribution in [2.75, 3.05) is 18.9 Å².